The number of ether oxygens (including phenoxy) is 2. The second kappa shape index (κ2) is 8.68. The van der Waals surface area contributed by atoms with E-state index in [4.69, 9.17) is 9.47 Å². The molecule has 0 spiro atoms. The first kappa shape index (κ1) is 19.5. The largest absolute Gasteiger partial charge is 0.493 e. The number of rotatable bonds is 5. The Morgan fingerprint density at radius 1 is 1.10 bits per heavy atom. The Kier molecular flexibility index (Phi) is 5.84. The van der Waals surface area contributed by atoms with Crippen LogP contribution in [-0.2, 0) is 4.79 Å². The van der Waals surface area contributed by atoms with E-state index in [1.807, 2.05) is 18.2 Å². The van der Waals surface area contributed by atoms with Crippen molar-refractivity contribution in [3.05, 3.63) is 65.0 Å². The van der Waals surface area contributed by atoms with Crippen LogP contribution in [0.2, 0.25) is 0 Å². The van der Waals surface area contributed by atoms with Crippen molar-refractivity contribution in [2.75, 3.05) is 13.7 Å². The number of halogens is 1. The number of benzene rings is 2. The summed E-state index contributed by atoms with van der Waals surface area (Å²) in [5.41, 5.74) is 2.09. The zero-order valence-electron chi connectivity index (χ0n) is 16.6. The Morgan fingerprint density at radius 3 is 2.66 bits per heavy atom. The molecule has 2 aromatic rings. The van der Waals surface area contributed by atoms with Gasteiger partial charge in [-0.2, -0.15) is 0 Å². The predicted octanol–water partition coefficient (Wildman–Crippen LogP) is 4.84. The Labute approximate surface area is 170 Å². The van der Waals surface area contributed by atoms with Gasteiger partial charge in [-0.25, -0.2) is 4.39 Å². The number of piperidine rings is 1. The second-order valence-corrected chi connectivity index (χ2v) is 7.74. The molecule has 1 aliphatic heterocycles. The average Bonchev–Trinajstić information content (AvgIpc) is 3.24. The van der Waals surface area contributed by atoms with Gasteiger partial charge in [0.25, 0.3) is 0 Å². The first-order valence-electron chi connectivity index (χ1n) is 10.2. The van der Waals surface area contributed by atoms with Crippen molar-refractivity contribution in [1.82, 2.24) is 5.32 Å². The molecule has 1 aliphatic carbocycles. The van der Waals surface area contributed by atoms with Crippen LogP contribution >= 0.6 is 0 Å². The summed E-state index contributed by atoms with van der Waals surface area (Å²) < 4.78 is 25.7. The van der Waals surface area contributed by atoms with E-state index in [1.165, 1.54) is 18.9 Å². The maximum absolute atomic E-state index is 14.0. The highest BCUT2D eigenvalue weighted by Crippen LogP contribution is 2.36. The van der Waals surface area contributed by atoms with E-state index in [0.717, 1.165) is 29.9 Å². The summed E-state index contributed by atoms with van der Waals surface area (Å²) in [4.78, 5) is 12.3. The van der Waals surface area contributed by atoms with Gasteiger partial charge in [-0.3, -0.25) is 4.79 Å². The maximum Gasteiger partial charge on any atom is 0.247 e. The van der Waals surface area contributed by atoms with Crippen molar-refractivity contribution < 1.29 is 18.7 Å². The van der Waals surface area contributed by atoms with Gasteiger partial charge in [-0.1, -0.05) is 24.3 Å². The summed E-state index contributed by atoms with van der Waals surface area (Å²) in [5, 5.41) is 2.94. The van der Waals surface area contributed by atoms with Crippen molar-refractivity contribution in [2.24, 2.45) is 0 Å². The van der Waals surface area contributed by atoms with Crippen LogP contribution in [-0.4, -0.2) is 25.7 Å². The van der Waals surface area contributed by atoms with Gasteiger partial charge in [0.15, 0.2) is 11.5 Å². The van der Waals surface area contributed by atoms with E-state index in [1.54, 1.807) is 31.4 Å². The molecule has 0 bridgehead atoms. The molecule has 0 aromatic heterocycles. The zero-order chi connectivity index (χ0) is 20.2. The highest BCUT2D eigenvalue weighted by atomic mass is 19.1. The molecule has 1 heterocycles. The molecule has 1 saturated carbocycles. The van der Waals surface area contributed by atoms with Gasteiger partial charge in [0.2, 0.25) is 5.91 Å². The molecule has 1 atom stereocenters. The zero-order valence-corrected chi connectivity index (χ0v) is 16.6. The predicted molar refractivity (Wildman–Crippen MR) is 111 cm³/mol. The molecule has 0 radical (unpaired) electrons. The summed E-state index contributed by atoms with van der Waals surface area (Å²) in [7, 11) is 1.65. The smallest absolute Gasteiger partial charge is 0.247 e. The molecule has 2 aromatic carbocycles. The quantitative estimate of drug-likeness (QED) is 0.737. The molecule has 1 unspecified atom stereocenters. The lowest BCUT2D eigenvalue weighted by Crippen LogP contribution is -2.35. The molecule has 2 fully saturated rings. The lowest BCUT2D eigenvalue weighted by atomic mass is 9.87. The Morgan fingerprint density at radius 2 is 1.90 bits per heavy atom. The Bertz CT molecular complexity index is 918. The minimum Gasteiger partial charge on any atom is -0.493 e. The molecule has 1 amide bonds. The van der Waals surface area contributed by atoms with Crippen LogP contribution in [0.1, 0.15) is 49.1 Å². The third kappa shape index (κ3) is 4.44. The maximum atomic E-state index is 14.0. The number of hydrogen-bond donors (Lipinski definition) is 1. The van der Waals surface area contributed by atoms with E-state index in [-0.39, 0.29) is 23.7 Å². The number of carbonyl (C=O) groups is 1. The molecule has 4 rings (SSSR count). The molecule has 1 saturated heterocycles. The van der Waals surface area contributed by atoms with E-state index in [2.05, 4.69) is 5.32 Å². The highest BCUT2D eigenvalue weighted by molar-refractivity contribution is 5.98. The van der Waals surface area contributed by atoms with Gasteiger partial charge < -0.3 is 14.8 Å². The first-order chi connectivity index (χ1) is 14.1. The van der Waals surface area contributed by atoms with E-state index < -0.39 is 0 Å². The van der Waals surface area contributed by atoms with Crippen molar-refractivity contribution in [3.63, 3.8) is 0 Å². The normalized spacial score (nSPS) is 21.2. The van der Waals surface area contributed by atoms with E-state index in [0.29, 0.717) is 24.1 Å². The SMILES string of the molecule is COc1ccc(C2CNC(=O)C(=Cc3ccccc3F)C2)cc1OC1CCCC1. The van der Waals surface area contributed by atoms with Crippen molar-refractivity contribution in [2.45, 2.75) is 44.1 Å². The lowest BCUT2D eigenvalue weighted by molar-refractivity contribution is -0.118. The lowest BCUT2D eigenvalue weighted by Gasteiger charge is -2.26. The highest BCUT2D eigenvalue weighted by Gasteiger charge is 2.26. The van der Waals surface area contributed by atoms with Crippen molar-refractivity contribution in [1.29, 1.82) is 0 Å². The van der Waals surface area contributed by atoms with Gasteiger partial charge in [0, 0.05) is 23.6 Å². The Balaban J connectivity index is 1.57. The third-order valence-corrected chi connectivity index (χ3v) is 5.76. The summed E-state index contributed by atoms with van der Waals surface area (Å²) >= 11 is 0. The van der Waals surface area contributed by atoms with Crippen LogP contribution in [0.5, 0.6) is 11.5 Å². The number of amides is 1. The van der Waals surface area contributed by atoms with Crippen LogP contribution < -0.4 is 14.8 Å². The fourth-order valence-corrected chi connectivity index (χ4v) is 4.12. The Hall–Kier alpha value is -2.82. The molecule has 1 N–H and O–H groups in total. The minimum atomic E-state index is -0.327. The molecule has 152 valence electrons. The van der Waals surface area contributed by atoms with E-state index >= 15 is 0 Å². The number of hydrogen-bond acceptors (Lipinski definition) is 3. The summed E-state index contributed by atoms with van der Waals surface area (Å²) in [6.07, 6.45) is 6.98. The van der Waals surface area contributed by atoms with Crippen LogP contribution in [0, 0.1) is 5.82 Å². The van der Waals surface area contributed by atoms with Crippen LogP contribution in [0.15, 0.2) is 48.0 Å². The monoisotopic (exact) mass is 395 g/mol. The average molecular weight is 395 g/mol. The molecular formula is C24H26FNO3. The van der Waals surface area contributed by atoms with Gasteiger partial charge >= 0.3 is 0 Å². The molecule has 2 aliphatic rings. The molecular weight excluding hydrogens is 369 g/mol. The van der Waals surface area contributed by atoms with Crippen LogP contribution in [0.25, 0.3) is 6.08 Å². The van der Waals surface area contributed by atoms with E-state index in [9.17, 15) is 9.18 Å². The van der Waals surface area contributed by atoms with Crippen LogP contribution in [0.3, 0.4) is 0 Å². The standard InChI is InChI=1S/C24H26FNO3/c1-28-22-11-10-16(14-23(22)29-20-7-3-4-8-20)19-13-18(24(27)26-15-19)12-17-6-2-5-9-21(17)25/h2,5-6,9-12,14,19-20H,3-4,7-8,13,15H2,1H3,(H,26,27). The van der Waals surface area contributed by atoms with Gasteiger partial charge in [0.1, 0.15) is 5.82 Å². The van der Waals surface area contributed by atoms with Crippen molar-refractivity contribution in [3.8, 4) is 11.5 Å². The second-order valence-electron chi connectivity index (χ2n) is 7.74. The van der Waals surface area contributed by atoms with Gasteiger partial charge in [-0.15, -0.1) is 0 Å². The number of nitrogens with one attached hydrogen (secondary N) is 1. The summed E-state index contributed by atoms with van der Waals surface area (Å²) in [5.74, 6) is 1.12. The number of carbonyl (C=O) groups excluding carboxylic acids is 1. The minimum absolute atomic E-state index is 0.0996. The molecule has 29 heavy (non-hydrogen) atoms. The topological polar surface area (TPSA) is 47.6 Å². The summed E-state index contributed by atoms with van der Waals surface area (Å²) in [6, 6.07) is 12.5. The van der Waals surface area contributed by atoms with Crippen molar-refractivity contribution >= 4 is 12.0 Å². The third-order valence-electron chi connectivity index (χ3n) is 5.76. The van der Waals surface area contributed by atoms with Gasteiger partial charge in [-0.05, 0) is 61.9 Å². The number of methoxy groups -OCH3 is 1. The van der Waals surface area contributed by atoms with Gasteiger partial charge in [0.05, 0.1) is 13.2 Å². The fourth-order valence-electron chi connectivity index (χ4n) is 4.12. The molecule has 5 heteroatoms. The summed E-state index contributed by atoms with van der Waals surface area (Å²) in [6.45, 7) is 0.544. The molecule has 4 nitrogen and oxygen atoms in total. The first-order valence-corrected chi connectivity index (χ1v) is 10.2. The van der Waals surface area contributed by atoms with Crippen LogP contribution in [0.4, 0.5) is 4.39 Å². The fraction of sp³-hybridized carbons (Fsp3) is 0.375.